The molecule has 0 aliphatic rings. The number of nitrogens with one attached hydrogen (secondary N) is 1. The molecule has 19 heavy (non-hydrogen) atoms. The van der Waals surface area contributed by atoms with Gasteiger partial charge in [0.2, 0.25) is 0 Å². The first-order chi connectivity index (χ1) is 9.42. The molecule has 0 bridgehead atoms. The maximum atomic E-state index is 4.69. The second-order valence-electron chi connectivity index (χ2n) is 4.51. The van der Waals surface area contributed by atoms with Gasteiger partial charge < -0.3 is 0 Å². The number of imidazole rings is 1. The van der Waals surface area contributed by atoms with Gasteiger partial charge in [-0.25, -0.2) is 4.98 Å². The normalized spacial score (nSPS) is 11.2. The Hall–Kier alpha value is -2.68. The van der Waals surface area contributed by atoms with Gasteiger partial charge in [0, 0.05) is 11.6 Å². The van der Waals surface area contributed by atoms with Crippen molar-refractivity contribution in [3.63, 3.8) is 0 Å². The average Bonchev–Trinajstić information content (AvgIpc) is 2.86. The van der Waals surface area contributed by atoms with Gasteiger partial charge in [-0.1, -0.05) is 47.4 Å². The molecular weight excluding hydrogens is 234 g/mol. The lowest BCUT2D eigenvalue weighted by atomic mass is 10.1. The average molecular weight is 246 g/mol. The lowest BCUT2D eigenvalue weighted by molar-refractivity contribution is -0.483. The zero-order valence-corrected chi connectivity index (χ0v) is 10.2. The van der Waals surface area contributed by atoms with E-state index in [9.17, 15) is 0 Å². The number of aromatic nitrogens is 3. The van der Waals surface area contributed by atoms with E-state index in [4.69, 9.17) is 4.98 Å². The van der Waals surface area contributed by atoms with Crippen molar-refractivity contribution in [2.75, 3.05) is 0 Å². The highest BCUT2D eigenvalue weighted by Crippen LogP contribution is 2.16. The monoisotopic (exact) mass is 246 g/mol. The summed E-state index contributed by atoms with van der Waals surface area (Å²) in [5, 5.41) is 0. The summed E-state index contributed by atoms with van der Waals surface area (Å²) in [6.45, 7) is 0. The molecule has 4 aromatic rings. The van der Waals surface area contributed by atoms with Gasteiger partial charge in [-0.2, -0.15) is 4.40 Å². The summed E-state index contributed by atoms with van der Waals surface area (Å²) in [5.41, 5.74) is 4.35. The van der Waals surface area contributed by atoms with Gasteiger partial charge in [0.15, 0.2) is 5.69 Å². The van der Waals surface area contributed by atoms with E-state index in [0.717, 1.165) is 28.1 Å². The van der Waals surface area contributed by atoms with Gasteiger partial charge in [0.1, 0.15) is 11.0 Å². The van der Waals surface area contributed by atoms with Gasteiger partial charge in [-0.05, 0) is 12.1 Å². The van der Waals surface area contributed by atoms with E-state index >= 15 is 0 Å². The maximum absolute atomic E-state index is 4.69. The number of benzene rings is 2. The van der Waals surface area contributed by atoms with Crippen molar-refractivity contribution in [3.8, 4) is 11.3 Å². The molecule has 0 saturated heterocycles. The summed E-state index contributed by atoms with van der Waals surface area (Å²) < 4.78 is 2.07. The van der Waals surface area contributed by atoms with Gasteiger partial charge in [0.05, 0.1) is 6.20 Å². The Bertz CT molecular complexity index is 863. The number of nitrogens with zero attached hydrogens (tertiary/aromatic N) is 2. The third-order valence-corrected chi connectivity index (χ3v) is 3.32. The highest BCUT2D eigenvalue weighted by atomic mass is 15.1. The van der Waals surface area contributed by atoms with Crippen LogP contribution in [0.5, 0.6) is 0 Å². The van der Waals surface area contributed by atoms with Crippen LogP contribution in [-0.2, 0) is 0 Å². The van der Waals surface area contributed by atoms with Crippen LogP contribution in [0.2, 0.25) is 0 Å². The number of rotatable bonds is 1. The highest BCUT2D eigenvalue weighted by molar-refractivity contribution is 5.73. The van der Waals surface area contributed by atoms with Crippen LogP contribution in [0.3, 0.4) is 0 Å². The largest absolute Gasteiger partial charge is 0.402 e. The van der Waals surface area contributed by atoms with E-state index in [0.29, 0.717) is 0 Å². The first-order valence-corrected chi connectivity index (χ1v) is 6.26. The summed E-state index contributed by atoms with van der Waals surface area (Å²) >= 11 is 0. The fourth-order valence-electron chi connectivity index (χ4n) is 2.38. The number of fused-ring (bicyclic) bond motifs is 3. The van der Waals surface area contributed by atoms with Crippen molar-refractivity contribution in [3.05, 3.63) is 66.9 Å². The lowest BCUT2D eigenvalue weighted by Gasteiger charge is -1.95. The predicted octanol–water partition coefficient (Wildman–Crippen LogP) is 2.97. The molecule has 0 aliphatic carbocycles. The second-order valence-corrected chi connectivity index (χ2v) is 4.51. The van der Waals surface area contributed by atoms with Crippen molar-refractivity contribution >= 4 is 16.8 Å². The molecule has 90 valence electrons. The first kappa shape index (κ1) is 10.3. The Labute approximate surface area is 110 Å². The topological polar surface area (TPSA) is 32.8 Å². The van der Waals surface area contributed by atoms with E-state index in [2.05, 4.69) is 39.8 Å². The molecular formula is C16H12N3+. The van der Waals surface area contributed by atoms with Crippen molar-refractivity contribution in [1.82, 2.24) is 9.97 Å². The lowest BCUT2D eigenvalue weighted by Crippen LogP contribution is -2.20. The minimum atomic E-state index is 0.863. The fourth-order valence-corrected chi connectivity index (χ4v) is 2.38. The molecule has 0 atom stereocenters. The molecule has 0 unspecified atom stereocenters. The van der Waals surface area contributed by atoms with E-state index in [1.807, 2.05) is 36.4 Å². The van der Waals surface area contributed by atoms with E-state index in [1.54, 1.807) is 0 Å². The molecule has 0 radical (unpaired) electrons. The van der Waals surface area contributed by atoms with Crippen LogP contribution < -0.4 is 4.40 Å². The molecule has 3 nitrogen and oxygen atoms in total. The van der Waals surface area contributed by atoms with Crippen LogP contribution in [0.15, 0.2) is 66.9 Å². The van der Waals surface area contributed by atoms with E-state index in [-0.39, 0.29) is 0 Å². The van der Waals surface area contributed by atoms with Crippen LogP contribution in [0, 0.1) is 0 Å². The number of hydrogen-bond acceptors (Lipinski definition) is 1. The number of para-hydroxylation sites is 2. The Morgan fingerprint density at radius 3 is 2.53 bits per heavy atom. The molecule has 2 aromatic carbocycles. The maximum Gasteiger partial charge on any atom is 0.402 e. The van der Waals surface area contributed by atoms with Crippen molar-refractivity contribution in [2.24, 2.45) is 0 Å². The van der Waals surface area contributed by atoms with Gasteiger partial charge in [-0.3, -0.25) is 0 Å². The Kier molecular flexibility index (Phi) is 2.12. The first-order valence-electron chi connectivity index (χ1n) is 6.26. The molecule has 4 rings (SSSR count). The van der Waals surface area contributed by atoms with Crippen LogP contribution in [0.1, 0.15) is 0 Å². The smallest absolute Gasteiger partial charge is 0.238 e. The molecule has 0 spiro atoms. The fraction of sp³-hybridized carbons (Fsp3) is 0. The van der Waals surface area contributed by atoms with Crippen LogP contribution >= 0.6 is 0 Å². The van der Waals surface area contributed by atoms with Crippen molar-refractivity contribution in [1.29, 1.82) is 0 Å². The third-order valence-electron chi connectivity index (χ3n) is 3.32. The van der Waals surface area contributed by atoms with E-state index < -0.39 is 0 Å². The quantitative estimate of drug-likeness (QED) is 0.515. The predicted molar refractivity (Wildman–Crippen MR) is 74.7 cm³/mol. The molecule has 0 amide bonds. The minimum Gasteiger partial charge on any atom is -0.238 e. The number of hydrogen-bond donors (Lipinski definition) is 1. The molecule has 0 saturated carbocycles. The molecule has 2 aromatic heterocycles. The summed E-state index contributed by atoms with van der Waals surface area (Å²) in [4.78, 5) is 8.03. The van der Waals surface area contributed by atoms with Gasteiger partial charge in [0.25, 0.3) is 0 Å². The van der Waals surface area contributed by atoms with Gasteiger partial charge >= 0.3 is 5.78 Å². The standard InChI is InChI=1S/C16H11N3/c1-2-6-12(7-3-1)13-10-11-19-15-9-5-4-8-14(15)18-16(19)17-13/h1-11H/p+1. The van der Waals surface area contributed by atoms with Gasteiger partial charge in [-0.15, -0.1) is 0 Å². The minimum absolute atomic E-state index is 0.863. The summed E-state index contributed by atoms with van der Waals surface area (Å²) in [6, 6.07) is 20.5. The second kappa shape index (κ2) is 3.92. The summed E-state index contributed by atoms with van der Waals surface area (Å²) in [5.74, 6) is 0.863. The zero-order valence-electron chi connectivity index (χ0n) is 10.2. The van der Waals surface area contributed by atoms with E-state index in [1.165, 1.54) is 0 Å². The number of H-pyrrole nitrogens is 1. The SMILES string of the molecule is c1ccc(-c2cc[n+]3c(n2)[nH]c2ccccc23)cc1. The third kappa shape index (κ3) is 1.59. The Balaban J connectivity index is 1.99. The molecule has 3 heteroatoms. The van der Waals surface area contributed by atoms with Crippen molar-refractivity contribution < 1.29 is 4.40 Å². The zero-order chi connectivity index (χ0) is 12.7. The molecule has 0 fully saturated rings. The Morgan fingerprint density at radius 1 is 0.842 bits per heavy atom. The molecule has 2 heterocycles. The summed E-state index contributed by atoms with van der Waals surface area (Å²) in [7, 11) is 0. The number of aromatic amines is 1. The molecule has 1 N–H and O–H groups in total. The highest BCUT2D eigenvalue weighted by Gasteiger charge is 2.13. The Morgan fingerprint density at radius 2 is 1.63 bits per heavy atom. The molecule has 0 aliphatic heterocycles. The summed E-state index contributed by atoms with van der Waals surface area (Å²) in [6.07, 6.45) is 2.06. The van der Waals surface area contributed by atoms with Crippen LogP contribution in [-0.4, -0.2) is 9.97 Å². The van der Waals surface area contributed by atoms with Crippen LogP contribution in [0.25, 0.3) is 28.1 Å². The van der Waals surface area contributed by atoms with Crippen molar-refractivity contribution in [2.45, 2.75) is 0 Å². The van der Waals surface area contributed by atoms with Crippen LogP contribution in [0.4, 0.5) is 0 Å².